The molecule has 188 valence electrons. The van der Waals surface area contributed by atoms with Crippen molar-refractivity contribution in [2.24, 2.45) is 5.92 Å². The molecule has 0 spiro atoms. The van der Waals surface area contributed by atoms with Crippen LogP contribution in [0.5, 0.6) is 0 Å². The molecular weight excluding hydrogens is 472 g/mol. The lowest BCUT2D eigenvalue weighted by Crippen LogP contribution is -2.52. The molecule has 0 bridgehead atoms. The highest BCUT2D eigenvalue weighted by Gasteiger charge is 2.65. The van der Waals surface area contributed by atoms with Gasteiger partial charge in [0.1, 0.15) is 12.2 Å². The Balaban J connectivity index is 2.18. The van der Waals surface area contributed by atoms with Crippen LogP contribution in [0.25, 0.3) is 0 Å². The minimum atomic E-state index is -2.14. The van der Waals surface area contributed by atoms with E-state index in [2.05, 4.69) is 6.58 Å². The van der Waals surface area contributed by atoms with Gasteiger partial charge < -0.3 is 28.8 Å². The first-order chi connectivity index (χ1) is 15.7. The van der Waals surface area contributed by atoms with Gasteiger partial charge in [0.15, 0.2) is 17.8 Å². The number of alkyl halides is 1. The number of epoxide rings is 1. The molecule has 34 heavy (non-hydrogen) atoms. The van der Waals surface area contributed by atoms with E-state index in [1.54, 1.807) is 0 Å². The van der Waals surface area contributed by atoms with Gasteiger partial charge in [0, 0.05) is 12.5 Å². The second-order valence-electron chi connectivity index (χ2n) is 9.13. The molecule has 10 nitrogen and oxygen atoms in total. The van der Waals surface area contributed by atoms with Gasteiger partial charge in [-0.05, 0) is 33.6 Å². The summed E-state index contributed by atoms with van der Waals surface area (Å²) in [6.45, 7) is 9.30. The fourth-order valence-electron chi connectivity index (χ4n) is 4.28. The van der Waals surface area contributed by atoms with Gasteiger partial charge in [0.05, 0.1) is 29.6 Å². The summed E-state index contributed by atoms with van der Waals surface area (Å²) in [5.41, 5.74) is -2.95. The Labute approximate surface area is 202 Å². The molecule has 1 N–H and O–H groups in total. The van der Waals surface area contributed by atoms with Gasteiger partial charge in [-0.3, -0.25) is 4.79 Å². The Morgan fingerprint density at radius 2 is 2.00 bits per heavy atom. The van der Waals surface area contributed by atoms with Gasteiger partial charge in [0.25, 0.3) is 0 Å². The topological polar surface area (TPSA) is 138 Å². The summed E-state index contributed by atoms with van der Waals surface area (Å²) < 4.78 is 27.4. The number of hydrogen-bond acceptors (Lipinski definition) is 10. The molecule has 3 unspecified atom stereocenters. The number of aliphatic hydroxyl groups is 1. The fraction of sp³-hybridized carbons (Fsp3) is 0.652. The van der Waals surface area contributed by atoms with Crippen molar-refractivity contribution >= 4 is 35.5 Å². The van der Waals surface area contributed by atoms with Crippen LogP contribution >= 0.6 is 11.6 Å². The molecule has 2 heterocycles. The largest absolute Gasteiger partial charge is 0.466 e. The Hall–Kier alpha value is -2.43. The Morgan fingerprint density at radius 3 is 2.56 bits per heavy atom. The van der Waals surface area contributed by atoms with Gasteiger partial charge in [0.2, 0.25) is 0 Å². The molecule has 0 amide bonds. The second kappa shape index (κ2) is 9.31. The molecule has 2 aliphatic heterocycles. The van der Waals surface area contributed by atoms with E-state index in [-0.39, 0.29) is 11.1 Å². The highest BCUT2D eigenvalue weighted by atomic mass is 35.5. The standard InChI is InChI=1S/C23H29ClO10/c1-10-14-16(33-21(28)23(5,29)11(2)24)15(31-12(3)25)13(20(27)30-6)8-7-9-22(4)18(34-22)17(14)32-19(10)26/h8,11,14-18,29H,1,7,9H2,2-6H3/b13-8+/t11?,14-,15+,16?,17+,18-,22-,23?/m1/s1. The average Bonchev–Trinajstić information content (AvgIpc) is 3.34. The van der Waals surface area contributed by atoms with E-state index in [1.165, 1.54) is 13.0 Å². The summed E-state index contributed by atoms with van der Waals surface area (Å²) in [4.78, 5) is 50.3. The molecule has 2 saturated heterocycles. The van der Waals surface area contributed by atoms with Crippen LogP contribution in [-0.4, -0.2) is 77.1 Å². The maximum atomic E-state index is 13.0. The molecule has 0 aromatic heterocycles. The van der Waals surface area contributed by atoms with Crippen molar-refractivity contribution in [2.45, 2.75) is 81.5 Å². The quantitative estimate of drug-likeness (QED) is 0.193. The van der Waals surface area contributed by atoms with Crippen molar-refractivity contribution in [3.8, 4) is 0 Å². The summed E-state index contributed by atoms with van der Waals surface area (Å²) in [6.07, 6.45) is -2.12. The highest BCUT2D eigenvalue weighted by molar-refractivity contribution is 6.22. The van der Waals surface area contributed by atoms with E-state index < -0.39 is 70.8 Å². The molecule has 0 radical (unpaired) electrons. The first-order valence-corrected chi connectivity index (χ1v) is 11.3. The Bertz CT molecular complexity index is 938. The average molecular weight is 501 g/mol. The van der Waals surface area contributed by atoms with E-state index in [9.17, 15) is 24.3 Å². The minimum Gasteiger partial charge on any atom is -0.466 e. The van der Waals surface area contributed by atoms with E-state index in [0.717, 1.165) is 21.0 Å². The molecule has 1 aliphatic carbocycles. The molecule has 8 atom stereocenters. The number of carbonyl (C=O) groups is 4. The molecule has 0 saturated carbocycles. The van der Waals surface area contributed by atoms with Crippen LogP contribution in [0, 0.1) is 5.92 Å². The van der Waals surface area contributed by atoms with Crippen LogP contribution in [0.15, 0.2) is 23.8 Å². The predicted octanol–water partition coefficient (Wildman–Crippen LogP) is 1.36. The number of methoxy groups -OCH3 is 1. The van der Waals surface area contributed by atoms with Gasteiger partial charge in [-0.15, -0.1) is 11.6 Å². The number of rotatable bonds is 5. The molecule has 3 aliphatic rings. The smallest absolute Gasteiger partial charge is 0.339 e. The third kappa shape index (κ3) is 4.71. The third-order valence-corrected chi connectivity index (χ3v) is 7.03. The highest BCUT2D eigenvalue weighted by Crippen LogP contribution is 2.50. The first-order valence-electron chi connectivity index (χ1n) is 10.8. The second-order valence-corrected chi connectivity index (χ2v) is 9.78. The minimum absolute atomic E-state index is 0.0545. The number of fused-ring (bicyclic) bond motifs is 3. The van der Waals surface area contributed by atoms with Gasteiger partial charge >= 0.3 is 23.9 Å². The lowest BCUT2D eigenvalue weighted by atomic mass is 9.80. The van der Waals surface area contributed by atoms with Crippen molar-refractivity contribution in [2.75, 3.05) is 7.11 Å². The first kappa shape index (κ1) is 26.2. The Morgan fingerprint density at radius 1 is 1.35 bits per heavy atom. The van der Waals surface area contributed by atoms with Crippen LogP contribution in [0.2, 0.25) is 0 Å². The van der Waals surface area contributed by atoms with Crippen molar-refractivity contribution in [3.05, 3.63) is 23.8 Å². The van der Waals surface area contributed by atoms with Crippen molar-refractivity contribution in [3.63, 3.8) is 0 Å². The van der Waals surface area contributed by atoms with Crippen molar-refractivity contribution in [1.82, 2.24) is 0 Å². The monoisotopic (exact) mass is 500 g/mol. The number of allylic oxidation sites excluding steroid dienone is 1. The van der Waals surface area contributed by atoms with Crippen LogP contribution in [0.1, 0.15) is 40.5 Å². The van der Waals surface area contributed by atoms with Crippen LogP contribution in [0.3, 0.4) is 0 Å². The summed E-state index contributed by atoms with van der Waals surface area (Å²) in [5, 5.41) is 9.54. The van der Waals surface area contributed by atoms with E-state index >= 15 is 0 Å². The number of halogens is 1. The molecule has 2 fully saturated rings. The summed E-state index contributed by atoms with van der Waals surface area (Å²) in [7, 11) is 1.15. The molecule has 11 heteroatoms. The summed E-state index contributed by atoms with van der Waals surface area (Å²) in [6, 6.07) is 0. The summed E-state index contributed by atoms with van der Waals surface area (Å²) in [5.74, 6) is -4.55. The normalized spacial score (nSPS) is 36.9. The van der Waals surface area contributed by atoms with Crippen molar-refractivity contribution < 1.29 is 48.0 Å². The lowest BCUT2D eigenvalue weighted by molar-refractivity contribution is -0.184. The van der Waals surface area contributed by atoms with E-state index in [1.807, 2.05) is 6.92 Å². The zero-order chi connectivity index (χ0) is 25.6. The molecule has 0 aromatic rings. The lowest BCUT2D eigenvalue weighted by Gasteiger charge is -2.35. The Kier molecular flexibility index (Phi) is 7.17. The number of ether oxygens (including phenoxy) is 5. The van der Waals surface area contributed by atoms with E-state index in [4.69, 9.17) is 35.3 Å². The maximum Gasteiger partial charge on any atom is 0.339 e. The molecule has 0 aromatic carbocycles. The number of carbonyl (C=O) groups excluding carboxylic acids is 4. The zero-order valence-electron chi connectivity index (χ0n) is 19.7. The fourth-order valence-corrected chi connectivity index (χ4v) is 4.37. The predicted molar refractivity (Wildman–Crippen MR) is 116 cm³/mol. The van der Waals surface area contributed by atoms with Crippen LogP contribution in [0.4, 0.5) is 0 Å². The molecular formula is C23H29ClO10. The van der Waals surface area contributed by atoms with Gasteiger partial charge in [-0.2, -0.15) is 0 Å². The third-order valence-electron chi connectivity index (χ3n) is 6.61. The van der Waals surface area contributed by atoms with Crippen LogP contribution in [-0.2, 0) is 42.9 Å². The SMILES string of the molecule is C=C1C(=O)O[C@H]2[C@H]1C(OC(=O)C(C)(O)C(C)Cl)[C@@H](OC(C)=O)/C(C(=O)OC)=C\CC[C@@]1(C)O[C@H]21. The van der Waals surface area contributed by atoms with E-state index in [0.29, 0.717) is 12.8 Å². The number of hydrogen-bond donors (Lipinski definition) is 1. The van der Waals surface area contributed by atoms with Crippen molar-refractivity contribution in [1.29, 1.82) is 0 Å². The maximum absolute atomic E-state index is 13.0. The molecule has 3 rings (SSSR count). The number of esters is 4. The van der Waals surface area contributed by atoms with Gasteiger partial charge in [-0.25, -0.2) is 14.4 Å². The van der Waals surface area contributed by atoms with Gasteiger partial charge in [-0.1, -0.05) is 12.7 Å². The zero-order valence-corrected chi connectivity index (χ0v) is 20.4. The summed E-state index contributed by atoms with van der Waals surface area (Å²) >= 11 is 5.98. The van der Waals surface area contributed by atoms with Crippen LogP contribution < -0.4 is 0 Å².